The van der Waals surface area contributed by atoms with Crippen molar-refractivity contribution >= 4 is 0 Å². The largest absolute Gasteiger partial charge is 0.496 e. The number of ether oxygens (including phenoxy) is 2. The Morgan fingerprint density at radius 2 is 1.73 bits per heavy atom. The summed E-state index contributed by atoms with van der Waals surface area (Å²) in [6.45, 7) is 6.45. The zero-order chi connectivity index (χ0) is 18.2. The zero-order valence-electron chi connectivity index (χ0n) is 16.0. The van der Waals surface area contributed by atoms with E-state index >= 15 is 0 Å². The van der Waals surface area contributed by atoms with Crippen LogP contribution in [0.15, 0.2) is 48.5 Å². The first-order chi connectivity index (χ1) is 12.7. The minimum absolute atomic E-state index is 0.576. The summed E-state index contributed by atoms with van der Waals surface area (Å²) in [5.41, 5.74) is 2.43. The summed E-state index contributed by atoms with van der Waals surface area (Å²) in [4.78, 5) is 4.96. The molecule has 0 amide bonds. The Morgan fingerprint density at radius 3 is 2.46 bits per heavy atom. The van der Waals surface area contributed by atoms with E-state index in [1.807, 2.05) is 24.3 Å². The number of nitrogens with zero attached hydrogens (tertiary/aromatic N) is 2. The van der Waals surface area contributed by atoms with Crippen LogP contribution in [0.2, 0.25) is 0 Å². The quantitative estimate of drug-likeness (QED) is 0.725. The number of aryl methyl sites for hydroxylation is 1. The van der Waals surface area contributed by atoms with Crippen molar-refractivity contribution in [3.8, 4) is 11.5 Å². The first-order valence-electron chi connectivity index (χ1n) is 9.49. The molecule has 4 heteroatoms. The Kier molecular flexibility index (Phi) is 6.92. The summed E-state index contributed by atoms with van der Waals surface area (Å²) in [5.74, 6) is 1.78. The molecule has 3 rings (SSSR count). The Hall–Kier alpha value is -2.04. The molecule has 2 aromatic carbocycles. The molecule has 1 heterocycles. The van der Waals surface area contributed by atoms with Crippen LogP contribution in [0.5, 0.6) is 11.5 Å². The van der Waals surface area contributed by atoms with E-state index in [1.165, 1.54) is 37.3 Å². The molecule has 1 aliphatic heterocycles. The Labute approximate surface area is 157 Å². The monoisotopic (exact) mass is 354 g/mol. The van der Waals surface area contributed by atoms with Crippen LogP contribution in [-0.4, -0.2) is 56.7 Å². The smallest absolute Gasteiger partial charge is 0.125 e. The molecule has 0 saturated carbocycles. The van der Waals surface area contributed by atoms with E-state index in [2.05, 4.69) is 41.1 Å². The van der Waals surface area contributed by atoms with Gasteiger partial charge in [0.25, 0.3) is 0 Å². The van der Waals surface area contributed by atoms with E-state index in [0.717, 1.165) is 30.9 Å². The Morgan fingerprint density at radius 1 is 0.962 bits per heavy atom. The molecule has 0 aliphatic carbocycles. The van der Waals surface area contributed by atoms with Crippen LogP contribution in [-0.2, 0) is 13.0 Å². The van der Waals surface area contributed by atoms with Crippen molar-refractivity contribution in [1.29, 1.82) is 0 Å². The van der Waals surface area contributed by atoms with Gasteiger partial charge < -0.3 is 19.3 Å². The molecule has 1 saturated heterocycles. The average molecular weight is 354 g/mol. The molecule has 4 nitrogen and oxygen atoms in total. The van der Waals surface area contributed by atoms with E-state index in [-0.39, 0.29) is 0 Å². The SMILES string of the molecule is COc1cc(OCc2ccccc2)ccc1CCCN1CCN(C)CC1. The molecular weight excluding hydrogens is 324 g/mol. The van der Waals surface area contributed by atoms with Crippen molar-refractivity contribution in [1.82, 2.24) is 9.80 Å². The van der Waals surface area contributed by atoms with Crippen molar-refractivity contribution in [2.45, 2.75) is 19.4 Å². The topological polar surface area (TPSA) is 24.9 Å². The minimum Gasteiger partial charge on any atom is -0.496 e. The van der Waals surface area contributed by atoms with Crippen molar-refractivity contribution in [3.05, 3.63) is 59.7 Å². The summed E-state index contributed by atoms with van der Waals surface area (Å²) in [6.07, 6.45) is 2.19. The highest BCUT2D eigenvalue weighted by atomic mass is 16.5. The minimum atomic E-state index is 0.576. The van der Waals surface area contributed by atoms with Crippen LogP contribution in [0.4, 0.5) is 0 Å². The van der Waals surface area contributed by atoms with Crippen LogP contribution in [0.3, 0.4) is 0 Å². The first kappa shape index (κ1) is 18.7. The molecule has 0 aromatic heterocycles. The van der Waals surface area contributed by atoms with E-state index in [1.54, 1.807) is 7.11 Å². The Balaban J connectivity index is 1.50. The maximum atomic E-state index is 5.91. The van der Waals surface area contributed by atoms with Crippen molar-refractivity contribution in [3.63, 3.8) is 0 Å². The molecule has 0 atom stereocenters. The second-order valence-corrected chi connectivity index (χ2v) is 7.00. The van der Waals surface area contributed by atoms with E-state index in [0.29, 0.717) is 6.61 Å². The van der Waals surface area contributed by atoms with Gasteiger partial charge >= 0.3 is 0 Å². The summed E-state index contributed by atoms with van der Waals surface area (Å²) < 4.78 is 11.5. The number of likely N-dealkylation sites (N-methyl/N-ethyl adjacent to an activating group) is 1. The van der Waals surface area contributed by atoms with E-state index in [9.17, 15) is 0 Å². The first-order valence-corrected chi connectivity index (χ1v) is 9.49. The third-order valence-corrected chi connectivity index (χ3v) is 5.02. The number of hydrogen-bond donors (Lipinski definition) is 0. The number of piperazine rings is 1. The molecule has 2 aromatic rings. The molecule has 0 bridgehead atoms. The summed E-state index contributed by atoms with van der Waals surface area (Å²) in [6, 6.07) is 16.4. The third-order valence-electron chi connectivity index (χ3n) is 5.02. The van der Waals surface area contributed by atoms with Gasteiger partial charge in [-0.15, -0.1) is 0 Å². The average Bonchev–Trinajstić information content (AvgIpc) is 2.69. The fourth-order valence-corrected chi connectivity index (χ4v) is 3.33. The van der Waals surface area contributed by atoms with Gasteiger partial charge in [-0.2, -0.15) is 0 Å². The molecular formula is C22H30N2O2. The highest BCUT2D eigenvalue weighted by Gasteiger charge is 2.13. The highest BCUT2D eigenvalue weighted by molar-refractivity contribution is 5.41. The normalized spacial score (nSPS) is 15.8. The van der Waals surface area contributed by atoms with Crippen LogP contribution in [0.1, 0.15) is 17.5 Å². The summed E-state index contributed by atoms with van der Waals surface area (Å²) >= 11 is 0. The zero-order valence-corrected chi connectivity index (χ0v) is 16.0. The lowest BCUT2D eigenvalue weighted by atomic mass is 10.1. The number of methoxy groups -OCH3 is 1. The van der Waals surface area contributed by atoms with Gasteiger partial charge in [0, 0.05) is 32.2 Å². The third kappa shape index (κ3) is 5.48. The maximum absolute atomic E-state index is 5.91. The van der Waals surface area contributed by atoms with Crippen LogP contribution in [0.25, 0.3) is 0 Å². The molecule has 0 N–H and O–H groups in total. The lowest BCUT2D eigenvalue weighted by molar-refractivity contribution is 0.153. The molecule has 140 valence electrons. The van der Waals surface area contributed by atoms with Crippen molar-refractivity contribution in [2.75, 3.05) is 46.9 Å². The van der Waals surface area contributed by atoms with Gasteiger partial charge in [0.05, 0.1) is 7.11 Å². The van der Waals surface area contributed by atoms with Gasteiger partial charge in [-0.3, -0.25) is 0 Å². The van der Waals surface area contributed by atoms with Crippen LogP contribution in [0, 0.1) is 0 Å². The number of benzene rings is 2. The van der Waals surface area contributed by atoms with Gasteiger partial charge in [-0.1, -0.05) is 36.4 Å². The van der Waals surface area contributed by atoms with Crippen molar-refractivity contribution < 1.29 is 9.47 Å². The fraction of sp³-hybridized carbons (Fsp3) is 0.455. The van der Waals surface area contributed by atoms with Crippen molar-refractivity contribution in [2.24, 2.45) is 0 Å². The van der Waals surface area contributed by atoms with E-state index < -0.39 is 0 Å². The predicted octanol–water partition coefficient (Wildman–Crippen LogP) is 3.45. The molecule has 0 radical (unpaired) electrons. The second kappa shape index (κ2) is 9.60. The summed E-state index contributed by atoms with van der Waals surface area (Å²) in [5, 5.41) is 0. The van der Waals surface area contributed by atoms with E-state index in [4.69, 9.17) is 9.47 Å². The highest BCUT2D eigenvalue weighted by Crippen LogP contribution is 2.26. The van der Waals surface area contributed by atoms with Gasteiger partial charge in [0.2, 0.25) is 0 Å². The maximum Gasteiger partial charge on any atom is 0.125 e. The molecule has 26 heavy (non-hydrogen) atoms. The Bertz CT molecular complexity index is 667. The molecule has 1 aliphatic rings. The van der Waals surface area contributed by atoms with Crippen LogP contribution >= 0.6 is 0 Å². The van der Waals surface area contributed by atoms with Crippen LogP contribution < -0.4 is 9.47 Å². The summed E-state index contributed by atoms with van der Waals surface area (Å²) in [7, 11) is 3.93. The lowest BCUT2D eigenvalue weighted by Gasteiger charge is -2.32. The van der Waals surface area contributed by atoms with Gasteiger partial charge in [-0.25, -0.2) is 0 Å². The predicted molar refractivity (Wildman–Crippen MR) is 106 cm³/mol. The van der Waals surface area contributed by atoms with Gasteiger partial charge in [-0.05, 0) is 43.6 Å². The molecule has 0 unspecified atom stereocenters. The number of hydrogen-bond acceptors (Lipinski definition) is 4. The van der Waals surface area contributed by atoms with Gasteiger partial charge in [0.15, 0.2) is 0 Å². The molecule has 1 fully saturated rings. The molecule has 0 spiro atoms. The fourth-order valence-electron chi connectivity index (χ4n) is 3.33. The van der Waals surface area contributed by atoms with Gasteiger partial charge in [0.1, 0.15) is 18.1 Å². The standard InChI is InChI=1S/C22H30N2O2/c1-23-13-15-24(16-14-23)12-6-9-20-10-11-21(17-22(20)25-2)26-18-19-7-4-3-5-8-19/h3-5,7-8,10-11,17H,6,9,12-16,18H2,1-2H3. The lowest BCUT2D eigenvalue weighted by Crippen LogP contribution is -2.44. The number of rotatable bonds is 8. The second-order valence-electron chi connectivity index (χ2n) is 7.00.